The van der Waals surface area contributed by atoms with Crippen LogP contribution in [0.25, 0.3) is 0 Å². The van der Waals surface area contributed by atoms with Crippen LogP contribution in [-0.4, -0.2) is 14.4 Å². The second-order valence-electron chi connectivity index (χ2n) is 6.19. The van der Waals surface area contributed by atoms with E-state index >= 15 is 0 Å². The Hall–Kier alpha value is 0.647. The highest BCUT2D eigenvalue weighted by atomic mass is 127. The maximum Gasteiger partial charge on any atom is 0.192 e. The van der Waals surface area contributed by atoms with Crippen molar-refractivity contribution in [1.29, 1.82) is 0 Å². The average Bonchev–Trinajstić information content (AvgIpc) is 2.39. The lowest BCUT2D eigenvalue weighted by atomic mass is 9.81. The van der Waals surface area contributed by atoms with E-state index < -0.39 is 8.32 Å². The summed E-state index contributed by atoms with van der Waals surface area (Å²) >= 11 is 2.31. The number of rotatable bonds is 10. The zero-order valence-corrected chi connectivity index (χ0v) is 16.9. The van der Waals surface area contributed by atoms with Gasteiger partial charge in [-0.1, -0.05) is 76.6 Å². The minimum atomic E-state index is -1.51. The largest absolute Gasteiger partial charge is 0.413 e. The molecule has 0 amide bonds. The highest BCUT2D eigenvalue weighted by Gasteiger charge is 2.37. The Bertz CT molecular complexity index is 251. The van der Waals surface area contributed by atoms with Crippen LogP contribution in [0.15, 0.2) is 10.2 Å². The fraction of sp³-hybridized carbons (Fsp3) is 0.875. The van der Waals surface area contributed by atoms with Gasteiger partial charge in [0, 0.05) is 0 Å². The smallest absolute Gasteiger partial charge is 0.192 e. The maximum absolute atomic E-state index is 6.79. The lowest BCUT2D eigenvalue weighted by Crippen LogP contribution is -2.45. The lowest BCUT2D eigenvalue weighted by Gasteiger charge is -2.41. The molecule has 0 saturated carbocycles. The molecule has 0 aromatic rings. The Morgan fingerprint density at radius 3 is 2.00 bits per heavy atom. The molecule has 0 saturated heterocycles. The minimum Gasteiger partial charge on any atom is -0.413 e. The second kappa shape index (κ2) is 9.56. The van der Waals surface area contributed by atoms with E-state index in [1.807, 2.05) is 0 Å². The SMILES string of the molecule is CCCC(C)(C)C(C/C=C/I)O[Si](CC)(CC)CC. The first-order valence-corrected chi connectivity index (χ1v) is 11.6. The molecule has 0 fully saturated rings. The fourth-order valence-corrected chi connectivity index (χ4v) is 6.12. The van der Waals surface area contributed by atoms with Crippen LogP contribution in [-0.2, 0) is 4.43 Å². The summed E-state index contributed by atoms with van der Waals surface area (Å²) in [5.41, 5.74) is 0.280. The first kappa shape index (κ1) is 19.6. The number of hydrogen-bond acceptors (Lipinski definition) is 1. The molecule has 3 heteroatoms. The molecular weight excluding hydrogens is 363 g/mol. The predicted molar refractivity (Wildman–Crippen MR) is 98.5 cm³/mol. The molecular formula is C16H33IOSi. The van der Waals surface area contributed by atoms with E-state index in [1.165, 1.54) is 31.0 Å². The first-order chi connectivity index (χ1) is 8.91. The van der Waals surface area contributed by atoms with Crippen LogP contribution in [0.1, 0.15) is 60.8 Å². The Morgan fingerprint density at radius 2 is 1.63 bits per heavy atom. The van der Waals surface area contributed by atoms with Crippen molar-refractivity contribution in [1.82, 2.24) is 0 Å². The van der Waals surface area contributed by atoms with Crippen molar-refractivity contribution in [3.05, 3.63) is 10.2 Å². The molecule has 0 aromatic heterocycles. The van der Waals surface area contributed by atoms with Crippen molar-refractivity contribution in [3.8, 4) is 0 Å². The molecule has 0 heterocycles. The van der Waals surface area contributed by atoms with Gasteiger partial charge in [0.15, 0.2) is 8.32 Å². The Balaban J connectivity index is 5.03. The molecule has 0 radical (unpaired) electrons. The van der Waals surface area contributed by atoms with Gasteiger partial charge >= 0.3 is 0 Å². The van der Waals surface area contributed by atoms with Crippen LogP contribution in [0.3, 0.4) is 0 Å². The van der Waals surface area contributed by atoms with Gasteiger partial charge in [-0.3, -0.25) is 0 Å². The van der Waals surface area contributed by atoms with E-state index in [9.17, 15) is 0 Å². The molecule has 0 aliphatic rings. The second-order valence-corrected chi connectivity index (χ2v) is 11.6. The third kappa shape index (κ3) is 6.30. The first-order valence-electron chi connectivity index (χ1n) is 7.84. The Labute approximate surface area is 135 Å². The summed E-state index contributed by atoms with van der Waals surface area (Å²) in [7, 11) is -1.51. The summed E-state index contributed by atoms with van der Waals surface area (Å²) in [6.07, 6.45) is 6.19. The molecule has 0 bridgehead atoms. The van der Waals surface area contributed by atoms with Crippen molar-refractivity contribution in [2.24, 2.45) is 5.41 Å². The van der Waals surface area contributed by atoms with E-state index in [-0.39, 0.29) is 5.41 Å². The summed E-state index contributed by atoms with van der Waals surface area (Å²) < 4.78 is 8.92. The van der Waals surface area contributed by atoms with E-state index in [0.29, 0.717) is 6.10 Å². The highest BCUT2D eigenvalue weighted by Crippen LogP contribution is 2.36. The van der Waals surface area contributed by atoms with Gasteiger partial charge in [0.1, 0.15) is 0 Å². The molecule has 1 unspecified atom stereocenters. The van der Waals surface area contributed by atoms with Crippen molar-refractivity contribution < 1.29 is 4.43 Å². The number of halogens is 1. The third-order valence-electron chi connectivity index (χ3n) is 4.53. The van der Waals surface area contributed by atoms with Gasteiger partial charge in [0.25, 0.3) is 0 Å². The van der Waals surface area contributed by atoms with Crippen molar-refractivity contribution >= 4 is 30.9 Å². The molecule has 114 valence electrons. The van der Waals surface area contributed by atoms with E-state index in [0.717, 1.165) is 6.42 Å². The summed E-state index contributed by atoms with van der Waals surface area (Å²) in [5, 5.41) is 0. The van der Waals surface area contributed by atoms with Gasteiger partial charge in [-0.25, -0.2) is 0 Å². The van der Waals surface area contributed by atoms with E-state index in [1.54, 1.807) is 0 Å². The monoisotopic (exact) mass is 396 g/mol. The van der Waals surface area contributed by atoms with Gasteiger partial charge in [0.05, 0.1) is 6.10 Å². The molecule has 1 atom stereocenters. The van der Waals surface area contributed by atoms with Crippen LogP contribution in [0.2, 0.25) is 18.1 Å². The van der Waals surface area contributed by atoms with Gasteiger partial charge in [0.2, 0.25) is 0 Å². The summed E-state index contributed by atoms with van der Waals surface area (Å²) in [4.78, 5) is 0. The summed E-state index contributed by atoms with van der Waals surface area (Å²) in [6, 6.07) is 3.73. The van der Waals surface area contributed by atoms with Crippen molar-refractivity contribution in [3.63, 3.8) is 0 Å². The molecule has 0 aromatic carbocycles. The summed E-state index contributed by atoms with van der Waals surface area (Å²) in [5.74, 6) is 0. The lowest BCUT2D eigenvalue weighted by molar-refractivity contribution is 0.0579. The fourth-order valence-electron chi connectivity index (χ4n) is 2.81. The zero-order chi connectivity index (χ0) is 14.9. The Kier molecular flexibility index (Phi) is 9.88. The van der Waals surface area contributed by atoms with Crippen LogP contribution >= 0.6 is 22.6 Å². The van der Waals surface area contributed by atoms with Crippen molar-refractivity contribution in [2.45, 2.75) is 85.0 Å². The quantitative estimate of drug-likeness (QED) is 0.301. The van der Waals surface area contributed by atoms with Gasteiger partial charge < -0.3 is 4.43 Å². The number of hydrogen-bond donors (Lipinski definition) is 0. The van der Waals surface area contributed by atoms with E-state index in [4.69, 9.17) is 4.43 Å². The molecule has 0 spiro atoms. The van der Waals surface area contributed by atoms with Crippen LogP contribution in [0.5, 0.6) is 0 Å². The van der Waals surface area contributed by atoms with Crippen LogP contribution < -0.4 is 0 Å². The maximum atomic E-state index is 6.79. The molecule has 1 nitrogen and oxygen atoms in total. The van der Waals surface area contributed by atoms with Crippen LogP contribution in [0.4, 0.5) is 0 Å². The average molecular weight is 396 g/mol. The van der Waals surface area contributed by atoms with Crippen LogP contribution in [0, 0.1) is 5.41 Å². The summed E-state index contributed by atoms with van der Waals surface area (Å²) in [6.45, 7) is 14.0. The Morgan fingerprint density at radius 1 is 1.11 bits per heavy atom. The molecule has 19 heavy (non-hydrogen) atoms. The predicted octanol–water partition coefficient (Wildman–Crippen LogP) is 6.54. The third-order valence-corrected chi connectivity index (χ3v) is 9.69. The van der Waals surface area contributed by atoms with Gasteiger partial charge in [-0.15, -0.1) is 0 Å². The molecule has 0 aliphatic heterocycles. The van der Waals surface area contributed by atoms with Gasteiger partial charge in [-0.05, 0) is 40.5 Å². The van der Waals surface area contributed by atoms with E-state index in [2.05, 4.69) is 74.3 Å². The topological polar surface area (TPSA) is 9.23 Å². The zero-order valence-electron chi connectivity index (χ0n) is 13.8. The molecule has 0 N–H and O–H groups in total. The standard InChI is InChI=1S/C16H33IOSi/c1-7-13-16(5,6)15(12-11-14-17)18-19(8-2,9-3)10-4/h11,14-15H,7-10,12-13H2,1-6H3/b14-11+. The normalized spacial score (nSPS) is 15.1. The molecule has 0 aliphatic carbocycles. The van der Waals surface area contributed by atoms with Crippen molar-refractivity contribution in [2.75, 3.05) is 0 Å². The van der Waals surface area contributed by atoms with Gasteiger partial charge in [-0.2, -0.15) is 0 Å². The highest BCUT2D eigenvalue weighted by molar-refractivity contribution is 14.1. The minimum absolute atomic E-state index is 0.280. The molecule has 0 rings (SSSR count).